The first-order chi connectivity index (χ1) is 20.2. The first kappa shape index (κ1) is 35.2. The maximum atomic E-state index is 10.2. The lowest BCUT2D eigenvalue weighted by Crippen LogP contribution is -2.29. The summed E-state index contributed by atoms with van der Waals surface area (Å²) in [5.74, 6) is 0.791. The van der Waals surface area contributed by atoms with E-state index < -0.39 is 0 Å². The molecule has 0 aliphatic heterocycles. The molecule has 0 aliphatic carbocycles. The number of unbranched alkanes of at least 4 members (excludes halogenated alkanes) is 19. The maximum absolute atomic E-state index is 10.2. The molecule has 0 aromatic heterocycles. The number of aromatic hydroxyl groups is 2. The smallest absolute Gasteiger partial charge is 0.118 e. The van der Waals surface area contributed by atoms with Crippen LogP contribution in [0, 0.1) is 0 Å². The van der Waals surface area contributed by atoms with E-state index in [-0.39, 0.29) is 0 Å². The van der Waals surface area contributed by atoms with Crippen molar-refractivity contribution >= 4 is 0 Å². The van der Waals surface area contributed by atoms with Gasteiger partial charge in [0.25, 0.3) is 0 Å². The van der Waals surface area contributed by atoms with E-state index >= 15 is 0 Å². The van der Waals surface area contributed by atoms with Crippen LogP contribution >= 0.6 is 0 Å². The Hall–Kier alpha value is -2.00. The zero-order chi connectivity index (χ0) is 29.2. The number of hydrogen-bond acceptors (Lipinski definition) is 3. The number of phenolic OH excluding ortho intramolecular Hbond substituents is 2. The highest BCUT2D eigenvalue weighted by molar-refractivity contribution is 5.32. The number of phenols is 2. The predicted octanol–water partition coefficient (Wildman–Crippen LogP) is 11.0. The highest BCUT2D eigenvalue weighted by atomic mass is 16.3. The van der Waals surface area contributed by atoms with Gasteiger partial charge < -0.3 is 15.1 Å². The molecule has 2 aromatic rings. The van der Waals surface area contributed by atoms with Crippen LogP contribution in [0.15, 0.2) is 48.5 Å². The SMILES string of the molecule is CCCCCCCCCCCCCCCCCCCCCCN(CCc1ccccc1O)CCc1ccccc1O. The van der Waals surface area contributed by atoms with Gasteiger partial charge in [-0.15, -0.1) is 0 Å². The van der Waals surface area contributed by atoms with Crippen molar-refractivity contribution in [2.24, 2.45) is 0 Å². The van der Waals surface area contributed by atoms with Crippen LogP contribution in [0.5, 0.6) is 11.5 Å². The standard InChI is InChI=1S/C38H63NO2/c1-2-3-4-5-6-7-8-9-10-11-12-13-14-15-16-17-18-19-20-25-32-39(33-30-35-26-21-23-28-37(35)40)34-31-36-27-22-24-29-38(36)41/h21-24,26-29,40-41H,2-20,25,30-34H2,1H3. The second kappa shape index (κ2) is 24.6. The minimum atomic E-state index is 0.395. The summed E-state index contributed by atoms with van der Waals surface area (Å²) >= 11 is 0. The average Bonchev–Trinajstić information content (AvgIpc) is 2.98. The molecule has 232 valence electrons. The highest BCUT2D eigenvalue weighted by Gasteiger charge is 2.09. The van der Waals surface area contributed by atoms with E-state index in [1.54, 1.807) is 12.1 Å². The molecule has 0 amide bonds. The van der Waals surface area contributed by atoms with Gasteiger partial charge >= 0.3 is 0 Å². The summed E-state index contributed by atoms with van der Waals surface area (Å²) in [5.41, 5.74) is 2.03. The van der Waals surface area contributed by atoms with E-state index in [9.17, 15) is 10.2 Å². The van der Waals surface area contributed by atoms with Crippen molar-refractivity contribution in [1.82, 2.24) is 4.90 Å². The Morgan fingerprint density at radius 1 is 0.415 bits per heavy atom. The molecular weight excluding hydrogens is 502 g/mol. The number of benzene rings is 2. The van der Waals surface area contributed by atoms with Gasteiger partial charge in [0.2, 0.25) is 0 Å². The lowest BCUT2D eigenvalue weighted by atomic mass is 10.0. The number of hydrogen-bond donors (Lipinski definition) is 2. The summed E-state index contributed by atoms with van der Waals surface area (Å²) in [5, 5.41) is 20.3. The highest BCUT2D eigenvalue weighted by Crippen LogP contribution is 2.19. The number of rotatable bonds is 27. The minimum Gasteiger partial charge on any atom is -0.508 e. The molecule has 0 atom stereocenters. The molecule has 2 aromatic carbocycles. The molecule has 0 spiro atoms. The Morgan fingerprint density at radius 3 is 1.07 bits per heavy atom. The van der Waals surface area contributed by atoms with E-state index in [2.05, 4.69) is 11.8 Å². The molecule has 0 unspecified atom stereocenters. The molecule has 0 aliphatic rings. The summed E-state index contributed by atoms with van der Waals surface area (Å²) in [6.45, 7) is 5.25. The van der Waals surface area contributed by atoms with E-state index in [0.717, 1.165) is 43.6 Å². The van der Waals surface area contributed by atoms with Gasteiger partial charge in [-0.2, -0.15) is 0 Å². The predicted molar refractivity (Wildman–Crippen MR) is 178 cm³/mol. The molecule has 3 nitrogen and oxygen atoms in total. The van der Waals surface area contributed by atoms with Gasteiger partial charge in [0.1, 0.15) is 11.5 Å². The third-order valence-corrected chi connectivity index (χ3v) is 8.71. The van der Waals surface area contributed by atoms with Gasteiger partial charge in [-0.1, -0.05) is 165 Å². The van der Waals surface area contributed by atoms with Crippen molar-refractivity contribution < 1.29 is 10.2 Å². The van der Waals surface area contributed by atoms with Crippen molar-refractivity contribution in [3.63, 3.8) is 0 Å². The first-order valence-electron chi connectivity index (χ1n) is 17.5. The van der Waals surface area contributed by atoms with Crippen molar-refractivity contribution in [3.8, 4) is 11.5 Å². The summed E-state index contributed by atoms with van der Waals surface area (Å²) in [6, 6.07) is 15.4. The third-order valence-electron chi connectivity index (χ3n) is 8.71. The first-order valence-corrected chi connectivity index (χ1v) is 17.5. The molecule has 0 fully saturated rings. The molecule has 0 radical (unpaired) electrons. The molecule has 2 rings (SSSR count). The fourth-order valence-corrected chi connectivity index (χ4v) is 5.93. The lowest BCUT2D eigenvalue weighted by Gasteiger charge is -2.23. The van der Waals surface area contributed by atoms with Crippen LogP contribution in [-0.2, 0) is 12.8 Å². The fraction of sp³-hybridized carbons (Fsp3) is 0.684. The van der Waals surface area contributed by atoms with Gasteiger partial charge in [0, 0.05) is 13.1 Å². The maximum Gasteiger partial charge on any atom is 0.118 e. The topological polar surface area (TPSA) is 43.7 Å². The fourth-order valence-electron chi connectivity index (χ4n) is 5.93. The lowest BCUT2D eigenvalue weighted by molar-refractivity contribution is 0.271. The zero-order valence-corrected chi connectivity index (χ0v) is 26.6. The van der Waals surface area contributed by atoms with E-state index in [0.29, 0.717) is 11.5 Å². The van der Waals surface area contributed by atoms with Gasteiger partial charge in [0.15, 0.2) is 0 Å². The second-order valence-electron chi connectivity index (χ2n) is 12.3. The van der Waals surface area contributed by atoms with Crippen LogP contribution in [0.3, 0.4) is 0 Å². The van der Waals surface area contributed by atoms with Crippen LogP contribution in [0.1, 0.15) is 146 Å². The normalized spacial score (nSPS) is 11.5. The quantitative estimate of drug-likeness (QED) is 0.106. The van der Waals surface area contributed by atoms with Crippen molar-refractivity contribution in [1.29, 1.82) is 0 Å². The monoisotopic (exact) mass is 565 g/mol. The summed E-state index contributed by atoms with van der Waals surface area (Å²) < 4.78 is 0. The second-order valence-corrected chi connectivity index (χ2v) is 12.3. The molecule has 3 heteroatoms. The summed E-state index contributed by atoms with van der Waals surface area (Å²) in [4.78, 5) is 2.51. The van der Waals surface area contributed by atoms with Crippen LogP contribution in [0.25, 0.3) is 0 Å². The molecular formula is C38H63NO2. The van der Waals surface area contributed by atoms with Crippen LogP contribution in [0.4, 0.5) is 0 Å². The largest absolute Gasteiger partial charge is 0.508 e. The Kier molecular flexibility index (Phi) is 21.1. The van der Waals surface area contributed by atoms with Crippen molar-refractivity contribution in [2.45, 2.75) is 148 Å². The Morgan fingerprint density at radius 2 is 0.732 bits per heavy atom. The Labute approximate surface area is 253 Å². The van der Waals surface area contributed by atoms with Crippen LogP contribution in [0.2, 0.25) is 0 Å². The summed E-state index contributed by atoms with van der Waals surface area (Å²) in [6.07, 6.45) is 29.9. The van der Waals surface area contributed by atoms with E-state index in [1.807, 2.05) is 36.4 Å². The van der Waals surface area contributed by atoms with E-state index in [4.69, 9.17) is 0 Å². The van der Waals surface area contributed by atoms with Crippen molar-refractivity contribution in [2.75, 3.05) is 19.6 Å². The minimum absolute atomic E-state index is 0.395. The Balaban J connectivity index is 1.46. The molecule has 0 bridgehead atoms. The van der Waals surface area contributed by atoms with Gasteiger partial charge in [-0.3, -0.25) is 0 Å². The molecule has 0 heterocycles. The molecule has 0 saturated heterocycles. The van der Waals surface area contributed by atoms with Gasteiger partial charge in [-0.25, -0.2) is 0 Å². The number of para-hydroxylation sites is 2. The van der Waals surface area contributed by atoms with Crippen LogP contribution < -0.4 is 0 Å². The average molecular weight is 566 g/mol. The van der Waals surface area contributed by atoms with Gasteiger partial charge in [0.05, 0.1) is 0 Å². The molecule has 0 saturated carbocycles. The molecule has 41 heavy (non-hydrogen) atoms. The number of nitrogens with zero attached hydrogens (tertiary/aromatic N) is 1. The van der Waals surface area contributed by atoms with Gasteiger partial charge in [-0.05, 0) is 49.1 Å². The Bertz CT molecular complexity index is 817. The third kappa shape index (κ3) is 18.2. The summed E-state index contributed by atoms with van der Waals surface area (Å²) in [7, 11) is 0. The zero-order valence-electron chi connectivity index (χ0n) is 26.6. The van der Waals surface area contributed by atoms with Crippen LogP contribution in [-0.4, -0.2) is 34.7 Å². The molecule has 2 N–H and O–H groups in total. The van der Waals surface area contributed by atoms with Crippen molar-refractivity contribution in [3.05, 3.63) is 59.7 Å². The van der Waals surface area contributed by atoms with E-state index in [1.165, 1.54) is 128 Å².